The molecule has 3 nitrogen and oxygen atoms in total. The van der Waals surface area contributed by atoms with E-state index >= 15 is 0 Å². The fraction of sp³-hybridized carbons (Fsp3) is 0.400. The van der Waals surface area contributed by atoms with Crippen LogP contribution in [-0.4, -0.2) is 16.8 Å². The van der Waals surface area contributed by atoms with Crippen molar-refractivity contribution in [2.45, 2.75) is 6.92 Å². The quantitative estimate of drug-likeness (QED) is 0.614. The first-order valence-electron chi connectivity index (χ1n) is 2.55. The van der Waals surface area contributed by atoms with Gasteiger partial charge in [0.2, 0.25) is 0 Å². The Labute approximate surface area is 47.7 Å². The number of hydrogen-bond acceptors (Lipinski definition) is 2. The van der Waals surface area contributed by atoms with Gasteiger partial charge in [0.15, 0.2) is 5.75 Å². The van der Waals surface area contributed by atoms with Crippen molar-refractivity contribution in [1.29, 1.82) is 0 Å². The van der Waals surface area contributed by atoms with E-state index < -0.39 is 0 Å². The van der Waals surface area contributed by atoms with Crippen LogP contribution in [-0.2, 0) is 0 Å². The zero-order valence-corrected chi connectivity index (χ0v) is 4.72. The van der Waals surface area contributed by atoms with Crippen molar-refractivity contribution in [1.82, 2.24) is 10.2 Å². The Morgan fingerprint density at radius 2 is 2.75 bits per heavy atom. The highest BCUT2D eigenvalue weighted by Crippen LogP contribution is 2.02. The fourth-order valence-corrected chi connectivity index (χ4v) is 0.485. The number of H-pyrrole nitrogens is 1. The number of ether oxygens (including phenoxy) is 1. The Hall–Kier alpha value is -0.990. The number of nitrogens with one attached hydrogen (secondary N) is 1. The van der Waals surface area contributed by atoms with Crippen molar-refractivity contribution in [2.75, 3.05) is 6.61 Å². The molecule has 0 amide bonds. The first kappa shape index (κ1) is 5.15. The highest BCUT2D eigenvalue weighted by atomic mass is 16.5. The summed E-state index contributed by atoms with van der Waals surface area (Å²) >= 11 is 0. The third-order valence-electron chi connectivity index (χ3n) is 0.784. The van der Waals surface area contributed by atoms with Gasteiger partial charge in [-0.25, -0.2) is 0 Å². The predicted octanol–water partition coefficient (Wildman–Crippen LogP) is 0.808. The fourth-order valence-electron chi connectivity index (χ4n) is 0.485. The topological polar surface area (TPSA) is 37.9 Å². The molecule has 0 aliphatic carbocycles. The van der Waals surface area contributed by atoms with E-state index in [1.165, 1.54) is 0 Å². The Bertz CT molecular complexity index is 136. The van der Waals surface area contributed by atoms with Gasteiger partial charge in [-0.15, -0.1) is 0 Å². The van der Waals surface area contributed by atoms with Crippen LogP contribution in [0, 0.1) is 0 Å². The summed E-state index contributed by atoms with van der Waals surface area (Å²) in [6.45, 7) is 2.63. The molecule has 0 aliphatic rings. The van der Waals surface area contributed by atoms with Gasteiger partial charge >= 0.3 is 0 Å². The molecular weight excluding hydrogens is 104 g/mol. The average molecular weight is 112 g/mol. The molecule has 0 radical (unpaired) electrons. The van der Waals surface area contributed by atoms with Gasteiger partial charge in [-0.1, -0.05) is 0 Å². The smallest absolute Gasteiger partial charge is 0.156 e. The van der Waals surface area contributed by atoms with Gasteiger partial charge in [0.1, 0.15) is 0 Å². The monoisotopic (exact) mass is 112 g/mol. The molecule has 0 saturated heterocycles. The van der Waals surface area contributed by atoms with Crippen LogP contribution < -0.4 is 4.74 Å². The lowest BCUT2D eigenvalue weighted by atomic mass is 10.6. The van der Waals surface area contributed by atoms with Crippen molar-refractivity contribution in [3.8, 4) is 5.75 Å². The van der Waals surface area contributed by atoms with Gasteiger partial charge in [0.05, 0.1) is 19.0 Å². The van der Waals surface area contributed by atoms with Crippen molar-refractivity contribution < 1.29 is 4.74 Å². The highest BCUT2D eigenvalue weighted by Gasteiger charge is 1.86. The lowest BCUT2D eigenvalue weighted by molar-refractivity contribution is 0.340. The molecule has 3 heteroatoms. The minimum absolute atomic E-state index is 0.694. The third-order valence-corrected chi connectivity index (χ3v) is 0.784. The maximum Gasteiger partial charge on any atom is 0.156 e. The summed E-state index contributed by atoms with van der Waals surface area (Å²) in [6.07, 6.45) is 3.35. The largest absolute Gasteiger partial charge is 0.491 e. The third kappa shape index (κ3) is 0.992. The highest BCUT2D eigenvalue weighted by molar-refractivity contribution is 5.09. The van der Waals surface area contributed by atoms with Crippen LogP contribution in [0.15, 0.2) is 12.4 Å². The first-order valence-corrected chi connectivity index (χ1v) is 2.55. The van der Waals surface area contributed by atoms with Gasteiger partial charge < -0.3 is 4.74 Å². The number of aromatic amines is 1. The number of nitrogens with zero attached hydrogens (tertiary/aromatic N) is 1. The average Bonchev–Trinajstić information content (AvgIpc) is 2.19. The summed E-state index contributed by atoms with van der Waals surface area (Å²) in [5.74, 6) is 0.799. The summed E-state index contributed by atoms with van der Waals surface area (Å²) in [5, 5.41) is 6.33. The molecule has 0 fully saturated rings. The van der Waals surface area contributed by atoms with Crippen molar-refractivity contribution in [3.63, 3.8) is 0 Å². The van der Waals surface area contributed by atoms with Gasteiger partial charge in [0.25, 0.3) is 0 Å². The van der Waals surface area contributed by atoms with E-state index in [0.717, 1.165) is 5.75 Å². The SMILES string of the molecule is CCOc1cn[nH]c1. The van der Waals surface area contributed by atoms with Gasteiger partial charge in [-0.05, 0) is 6.92 Å². The van der Waals surface area contributed by atoms with Crippen LogP contribution in [0.25, 0.3) is 0 Å². The first-order chi connectivity index (χ1) is 3.93. The Morgan fingerprint density at radius 3 is 3.25 bits per heavy atom. The van der Waals surface area contributed by atoms with Crippen molar-refractivity contribution in [2.24, 2.45) is 0 Å². The molecule has 0 aromatic carbocycles. The second-order valence-corrected chi connectivity index (χ2v) is 1.37. The van der Waals surface area contributed by atoms with Crippen molar-refractivity contribution >= 4 is 0 Å². The minimum atomic E-state index is 0.694. The molecule has 1 heterocycles. The molecule has 0 saturated carbocycles. The lowest BCUT2D eigenvalue weighted by Crippen LogP contribution is -1.87. The normalized spacial score (nSPS) is 9.12. The number of aromatic nitrogens is 2. The van der Waals surface area contributed by atoms with Crippen LogP contribution in [0.1, 0.15) is 6.92 Å². The summed E-state index contributed by atoms with van der Waals surface area (Å²) in [5.41, 5.74) is 0. The molecule has 44 valence electrons. The maximum atomic E-state index is 5.05. The molecule has 1 rings (SSSR count). The molecular formula is C5H8N2O. The molecule has 0 atom stereocenters. The Kier molecular flexibility index (Phi) is 1.51. The second kappa shape index (κ2) is 2.35. The summed E-state index contributed by atoms with van der Waals surface area (Å²) in [7, 11) is 0. The summed E-state index contributed by atoms with van der Waals surface area (Å²) in [6, 6.07) is 0. The van der Waals surface area contributed by atoms with Crippen LogP contribution in [0.2, 0.25) is 0 Å². The lowest BCUT2D eigenvalue weighted by Gasteiger charge is -1.92. The van der Waals surface area contributed by atoms with Gasteiger partial charge in [-0.3, -0.25) is 5.10 Å². The molecule has 1 aromatic rings. The molecule has 0 spiro atoms. The molecule has 8 heavy (non-hydrogen) atoms. The predicted molar refractivity (Wildman–Crippen MR) is 29.8 cm³/mol. The van der Waals surface area contributed by atoms with E-state index in [1.54, 1.807) is 12.4 Å². The van der Waals surface area contributed by atoms with Crippen molar-refractivity contribution in [3.05, 3.63) is 12.4 Å². The van der Waals surface area contributed by atoms with Crippen LogP contribution in [0.5, 0.6) is 5.75 Å². The number of hydrogen-bond donors (Lipinski definition) is 1. The van der Waals surface area contributed by atoms with Crippen LogP contribution in [0.4, 0.5) is 0 Å². The minimum Gasteiger partial charge on any atom is -0.491 e. The number of rotatable bonds is 2. The van der Waals surface area contributed by atoms with Gasteiger partial charge in [0, 0.05) is 0 Å². The van der Waals surface area contributed by atoms with E-state index in [-0.39, 0.29) is 0 Å². The maximum absolute atomic E-state index is 5.05. The summed E-state index contributed by atoms with van der Waals surface area (Å²) in [4.78, 5) is 0. The van der Waals surface area contributed by atoms with E-state index in [1.807, 2.05) is 6.92 Å². The molecule has 1 N–H and O–H groups in total. The summed E-state index contributed by atoms with van der Waals surface area (Å²) < 4.78 is 5.05. The zero-order valence-electron chi connectivity index (χ0n) is 4.72. The van der Waals surface area contributed by atoms with Gasteiger partial charge in [-0.2, -0.15) is 5.10 Å². The molecule has 1 aromatic heterocycles. The zero-order chi connectivity index (χ0) is 5.82. The van der Waals surface area contributed by atoms with E-state index in [2.05, 4.69) is 10.2 Å². The Morgan fingerprint density at radius 1 is 1.88 bits per heavy atom. The van der Waals surface area contributed by atoms with Crippen LogP contribution in [0.3, 0.4) is 0 Å². The molecule has 0 aliphatic heterocycles. The standard InChI is InChI=1S/C5H8N2O/c1-2-8-5-3-6-7-4-5/h3-4H,2H2,1H3,(H,6,7). The Balaban J connectivity index is 2.50. The van der Waals surface area contributed by atoms with Crippen LogP contribution >= 0.6 is 0 Å². The molecule has 0 bridgehead atoms. The van der Waals surface area contributed by atoms with E-state index in [4.69, 9.17) is 4.74 Å². The van der Waals surface area contributed by atoms with E-state index in [0.29, 0.717) is 6.61 Å². The molecule has 0 unspecified atom stereocenters. The van der Waals surface area contributed by atoms with E-state index in [9.17, 15) is 0 Å². The second-order valence-electron chi connectivity index (χ2n) is 1.37.